The number of hydrogen-bond donors (Lipinski definition) is 2. The number of aliphatic imine (C=N–C) groups is 1. The summed E-state index contributed by atoms with van der Waals surface area (Å²) in [6.45, 7) is 5.58. The van der Waals surface area contributed by atoms with Crippen LogP contribution in [0, 0.1) is 11.6 Å². The highest BCUT2D eigenvalue weighted by Crippen LogP contribution is 2.09. The molecular formula is C17H28F2IN3O2. The molecule has 0 aliphatic heterocycles. The molecule has 0 aromatic heterocycles. The van der Waals surface area contributed by atoms with Crippen LogP contribution in [0.25, 0.3) is 0 Å². The number of nitrogens with zero attached hydrogens (tertiary/aromatic N) is 1. The van der Waals surface area contributed by atoms with Gasteiger partial charge in [-0.15, -0.1) is 24.0 Å². The van der Waals surface area contributed by atoms with Crippen LogP contribution in [-0.2, 0) is 15.9 Å². The SMILES string of the molecule is CCNC(=NCCCOCCOC)NCCc1cc(F)ccc1F.I. The van der Waals surface area contributed by atoms with E-state index in [0.717, 1.165) is 25.1 Å². The van der Waals surface area contributed by atoms with Crippen molar-refractivity contribution >= 4 is 29.9 Å². The molecule has 0 amide bonds. The van der Waals surface area contributed by atoms with Crippen LogP contribution in [-0.4, -0.2) is 52.5 Å². The summed E-state index contributed by atoms with van der Waals surface area (Å²) >= 11 is 0. The molecule has 0 spiro atoms. The molecular weight excluding hydrogens is 443 g/mol. The minimum absolute atomic E-state index is 0. The van der Waals surface area contributed by atoms with E-state index in [-0.39, 0.29) is 24.0 Å². The first-order valence-electron chi connectivity index (χ1n) is 8.20. The van der Waals surface area contributed by atoms with E-state index in [1.54, 1.807) is 7.11 Å². The maximum Gasteiger partial charge on any atom is 0.191 e. The Hall–Kier alpha value is -1.00. The average molecular weight is 471 g/mol. The maximum absolute atomic E-state index is 13.6. The van der Waals surface area contributed by atoms with E-state index >= 15 is 0 Å². The van der Waals surface area contributed by atoms with Gasteiger partial charge in [-0.25, -0.2) is 8.78 Å². The molecule has 2 N–H and O–H groups in total. The number of guanidine groups is 1. The van der Waals surface area contributed by atoms with Crippen molar-refractivity contribution in [2.24, 2.45) is 4.99 Å². The van der Waals surface area contributed by atoms with Crippen LogP contribution < -0.4 is 10.6 Å². The summed E-state index contributed by atoms with van der Waals surface area (Å²) in [5.74, 6) is -0.167. The number of rotatable bonds is 11. The van der Waals surface area contributed by atoms with Crippen molar-refractivity contribution < 1.29 is 18.3 Å². The van der Waals surface area contributed by atoms with Crippen molar-refractivity contribution in [2.45, 2.75) is 19.8 Å². The number of methoxy groups -OCH3 is 1. The molecule has 0 atom stereocenters. The third kappa shape index (κ3) is 11.3. The Kier molecular flexibility index (Phi) is 14.7. The van der Waals surface area contributed by atoms with Gasteiger partial charge in [-0.1, -0.05) is 0 Å². The second-order valence-corrected chi connectivity index (χ2v) is 5.13. The van der Waals surface area contributed by atoms with Gasteiger partial charge in [-0.05, 0) is 43.5 Å². The molecule has 8 heteroatoms. The van der Waals surface area contributed by atoms with Crippen LogP contribution in [0.15, 0.2) is 23.2 Å². The molecule has 0 saturated heterocycles. The largest absolute Gasteiger partial charge is 0.382 e. The smallest absolute Gasteiger partial charge is 0.191 e. The lowest BCUT2D eigenvalue weighted by Crippen LogP contribution is -2.38. The van der Waals surface area contributed by atoms with Gasteiger partial charge in [-0.2, -0.15) is 0 Å². The molecule has 1 rings (SSSR count). The summed E-state index contributed by atoms with van der Waals surface area (Å²) in [7, 11) is 1.64. The standard InChI is InChI=1S/C17H27F2N3O2.HI/c1-3-20-17(21-8-4-10-24-12-11-23-2)22-9-7-14-13-15(18)5-6-16(14)19;/h5-6,13H,3-4,7-12H2,1-2H3,(H2,20,21,22);1H. The Morgan fingerprint density at radius 1 is 1.16 bits per heavy atom. The Bertz CT molecular complexity index is 505. The molecule has 0 heterocycles. The van der Waals surface area contributed by atoms with E-state index in [2.05, 4.69) is 15.6 Å². The highest BCUT2D eigenvalue weighted by molar-refractivity contribution is 14.0. The molecule has 25 heavy (non-hydrogen) atoms. The summed E-state index contributed by atoms with van der Waals surface area (Å²) in [6, 6.07) is 3.48. The summed E-state index contributed by atoms with van der Waals surface area (Å²) in [6.07, 6.45) is 1.19. The van der Waals surface area contributed by atoms with Gasteiger partial charge in [0.15, 0.2) is 5.96 Å². The predicted molar refractivity (Wildman–Crippen MR) is 107 cm³/mol. The van der Waals surface area contributed by atoms with Gasteiger partial charge in [0, 0.05) is 33.4 Å². The van der Waals surface area contributed by atoms with Crippen molar-refractivity contribution in [1.82, 2.24) is 10.6 Å². The summed E-state index contributed by atoms with van der Waals surface area (Å²) in [5, 5.41) is 6.23. The van der Waals surface area contributed by atoms with E-state index in [4.69, 9.17) is 9.47 Å². The number of nitrogens with one attached hydrogen (secondary N) is 2. The third-order valence-corrected chi connectivity index (χ3v) is 3.19. The molecule has 0 aliphatic rings. The molecule has 0 saturated carbocycles. The fourth-order valence-corrected chi connectivity index (χ4v) is 1.99. The highest BCUT2D eigenvalue weighted by Gasteiger charge is 2.04. The van der Waals surface area contributed by atoms with Crippen LogP contribution in [0.2, 0.25) is 0 Å². The molecule has 1 aromatic carbocycles. The first-order chi connectivity index (χ1) is 11.7. The van der Waals surface area contributed by atoms with Gasteiger partial charge < -0.3 is 20.1 Å². The van der Waals surface area contributed by atoms with E-state index in [0.29, 0.717) is 50.9 Å². The monoisotopic (exact) mass is 471 g/mol. The van der Waals surface area contributed by atoms with Crippen LogP contribution >= 0.6 is 24.0 Å². The topological polar surface area (TPSA) is 54.9 Å². The Morgan fingerprint density at radius 2 is 1.96 bits per heavy atom. The Balaban J connectivity index is 0.00000576. The first kappa shape index (κ1) is 24.0. The number of ether oxygens (including phenoxy) is 2. The number of halogens is 3. The molecule has 0 bridgehead atoms. The van der Waals surface area contributed by atoms with Crippen LogP contribution in [0.1, 0.15) is 18.9 Å². The predicted octanol–water partition coefficient (Wildman–Crippen LogP) is 2.73. The Morgan fingerprint density at radius 3 is 2.68 bits per heavy atom. The highest BCUT2D eigenvalue weighted by atomic mass is 127. The summed E-state index contributed by atoms with van der Waals surface area (Å²) in [4.78, 5) is 4.42. The Labute approximate surface area is 165 Å². The second kappa shape index (κ2) is 15.3. The molecule has 0 aliphatic carbocycles. The average Bonchev–Trinajstić information content (AvgIpc) is 2.57. The quantitative estimate of drug-likeness (QED) is 0.226. The molecule has 5 nitrogen and oxygen atoms in total. The second-order valence-electron chi connectivity index (χ2n) is 5.13. The van der Waals surface area contributed by atoms with Crippen LogP contribution in [0.4, 0.5) is 8.78 Å². The lowest BCUT2D eigenvalue weighted by molar-refractivity contribution is 0.0702. The van der Waals surface area contributed by atoms with Gasteiger partial charge in [0.1, 0.15) is 11.6 Å². The molecule has 1 aromatic rings. The number of hydrogen-bond acceptors (Lipinski definition) is 3. The van der Waals surface area contributed by atoms with Gasteiger partial charge in [0.05, 0.1) is 13.2 Å². The van der Waals surface area contributed by atoms with E-state index in [1.807, 2.05) is 6.92 Å². The summed E-state index contributed by atoms with van der Waals surface area (Å²) < 4.78 is 36.9. The van der Waals surface area contributed by atoms with Crippen molar-refractivity contribution in [3.05, 3.63) is 35.4 Å². The minimum atomic E-state index is -0.430. The van der Waals surface area contributed by atoms with E-state index in [9.17, 15) is 8.78 Å². The van der Waals surface area contributed by atoms with Crippen molar-refractivity contribution in [2.75, 3.05) is 46.6 Å². The zero-order valence-corrected chi connectivity index (χ0v) is 17.1. The lowest BCUT2D eigenvalue weighted by atomic mass is 10.1. The van der Waals surface area contributed by atoms with E-state index < -0.39 is 11.6 Å². The van der Waals surface area contributed by atoms with E-state index in [1.165, 1.54) is 6.07 Å². The van der Waals surface area contributed by atoms with Gasteiger partial charge in [0.25, 0.3) is 0 Å². The van der Waals surface area contributed by atoms with Gasteiger partial charge >= 0.3 is 0 Å². The third-order valence-electron chi connectivity index (χ3n) is 3.19. The van der Waals surface area contributed by atoms with Gasteiger partial charge in [-0.3, -0.25) is 4.99 Å². The van der Waals surface area contributed by atoms with Crippen LogP contribution in [0.3, 0.4) is 0 Å². The number of benzene rings is 1. The van der Waals surface area contributed by atoms with Gasteiger partial charge in [0.2, 0.25) is 0 Å². The fraction of sp³-hybridized carbons (Fsp3) is 0.588. The minimum Gasteiger partial charge on any atom is -0.382 e. The zero-order chi connectivity index (χ0) is 17.6. The lowest BCUT2D eigenvalue weighted by Gasteiger charge is -2.11. The normalized spacial score (nSPS) is 11.1. The fourth-order valence-electron chi connectivity index (χ4n) is 1.99. The maximum atomic E-state index is 13.6. The molecule has 0 fully saturated rings. The van der Waals surface area contributed by atoms with Crippen molar-refractivity contribution in [3.63, 3.8) is 0 Å². The van der Waals surface area contributed by atoms with Crippen molar-refractivity contribution in [1.29, 1.82) is 0 Å². The molecule has 0 unspecified atom stereocenters. The first-order valence-corrected chi connectivity index (χ1v) is 8.20. The summed E-state index contributed by atoms with van der Waals surface area (Å²) in [5.41, 5.74) is 0.352. The zero-order valence-electron chi connectivity index (χ0n) is 14.8. The van der Waals surface area contributed by atoms with Crippen LogP contribution in [0.5, 0.6) is 0 Å². The molecule has 144 valence electrons. The van der Waals surface area contributed by atoms with Crippen molar-refractivity contribution in [3.8, 4) is 0 Å². The molecule has 0 radical (unpaired) electrons.